The summed E-state index contributed by atoms with van der Waals surface area (Å²) in [5, 5.41) is 9.89. The van der Waals surface area contributed by atoms with Crippen molar-refractivity contribution < 1.29 is 9.90 Å². The van der Waals surface area contributed by atoms with Crippen LogP contribution < -0.4 is 0 Å². The summed E-state index contributed by atoms with van der Waals surface area (Å²) >= 11 is 0. The average molecular weight is 195 g/mol. The lowest BCUT2D eigenvalue weighted by Gasteiger charge is -2.42. The molecule has 0 bridgehead atoms. The summed E-state index contributed by atoms with van der Waals surface area (Å²) < 4.78 is 0. The van der Waals surface area contributed by atoms with E-state index in [1.165, 1.54) is 12.8 Å². The number of nitrogens with zero attached hydrogens (tertiary/aromatic N) is 1. The SMILES string of the molecule is C[C@@]12[C@H]3CCC[C@H]1[C@H](O)C(=O)N2CC3. The second-order valence-electron chi connectivity index (χ2n) is 5.18. The second kappa shape index (κ2) is 2.51. The first kappa shape index (κ1) is 8.72. The van der Waals surface area contributed by atoms with Crippen molar-refractivity contribution >= 4 is 5.91 Å². The molecule has 0 aromatic rings. The van der Waals surface area contributed by atoms with Gasteiger partial charge in [0, 0.05) is 18.0 Å². The summed E-state index contributed by atoms with van der Waals surface area (Å²) in [5.74, 6) is 0.834. The van der Waals surface area contributed by atoms with Crippen molar-refractivity contribution in [1.29, 1.82) is 0 Å². The second-order valence-corrected chi connectivity index (χ2v) is 5.18. The summed E-state index contributed by atoms with van der Waals surface area (Å²) in [7, 11) is 0. The van der Waals surface area contributed by atoms with E-state index in [2.05, 4.69) is 6.92 Å². The largest absolute Gasteiger partial charge is 0.383 e. The van der Waals surface area contributed by atoms with Crippen LogP contribution in [0.4, 0.5) is 0 Å². The third-order valence-corrected chi connectivity index (χ3v) is 4.83. The fourth-order valence-electron chi connectivity index (χ4n) is 4.01. The van der Waals surface area contributed by atoms with Crippen molar-refractivity contribution in [2.24, 2.45) is 11.8 Å². The lowest BCUT2D eigenvalue weighted by atomic mass is 9.68. The smallest absolute Gasteiger partial charge is 0.252 e. The molecule has 0 aromatic carbocycles. The van der Waals surface area contributed by atoms with Crippen LogP contribution in [0.3, 0.4) is 0 Å². The summed E-state index contributed by atoms with van der Waals surface area (Å²) in [5.41, 5.74) is -0.00521. The van der Waals surface area contributed by atoms with Gasteiger partial charge >= 0.3 is 0 Å². The first-order valence-corrected chi connectivity index (χ1v) is 5.65. The van der Waals surface area contributed by atoms with Gasteiger partial charge in [-0.25, -0.2) is 0 Å². The van der Waals surface area contributed by atoms with Gasteiger partial charge < -0.3 is 10.0 Å². The highest BCUT2D eigenvalue weighted by Gasteiger charge is 2.62. The lowest BCUT2D eigenvalue weighted by Crippen LogP contribution is -2.48. The molecule has 3 nitrogen and oxygen atoms in total. The fraction of sp³-hybridized carbons (Fsp3) is 0.909. The maximum atomic E-state index is 11.8. The Morgan fingerprint density at radius 2 is 2.21 bits per heavy atom. The molecule has 3 rings (SSSR count). The molecule has 3 heteroatoms. The van der Waals surface area contributed by atoms with Crippen molar-refractivity contribution in [2.45, 2.75) is 44.2 Å². The molecule has 3 fully saturated rings. The van der Waals surface area contributed by atoms with Crippen LogP contribution in [0.1, 0.15) is 32.6 Å². The molecule has 1 N–H and O–H groups in total. The summed E-state index contributed by atoms with van der Waals surface area (Å²) in [6.45, 7) is 3.05. The Labute approximate surface area is 84.1 Å². The lowest BCUT2D eigenvalue weighted by molar-refractivity contribution is -0.135. The average Bonchev–Trinajstić information content (AvgIpc) is 2.60. The van der Waals surface area contributed by atoms with Crippen LogP contribution in [0, 0.1) is 11.8 Å². The highest BCUT2D eigenvalue weighted by molar-refractivity contribution is 5.85. The van der Waals surface area contributed by atoms with E-state index < -0.39 is 6.10 Å². The third-order valence-electron chi connectivity index (χ3n) is 4.83. The minimum Gasteiger partial charge on any atom is -0.383 e. The first-order chi connectivity index (χ1) is 6.65. The maximum absolute atomic E-state index is 11.8. The number of rotatable bonds is 0. The van der Waals surface area contributed by atoms with Gasteiger partial charge in [0.2, 0.25) is 0 Å². The Bertz CT molecular complexity index is 291. The van der Waals surface area contributed by atoms with E-state index in [0.717, 1.165) is 19.4 Å². The van der Waals surface area contributed by atoms with Crippen LogP contribution in [-0.2, 0) is 4.79 Å². The van der Waals surface area contributed by atoms with Crippen LogP contribution in [0.5, 0.6) is 0 Å². The van der Waals surface area contributed by atoms with Gasteiger partial charge in [-0.2, -0.15) is 0 Å². The zero-order valence-corrected chi connectivity index (χ0v) is 8.57. The number of hydrogen-bond acceptors (Lipinski definition) is 2. The van der Waals surface area contributed by atoms with Crippen molar-refractivity contribution in [2.75, 3.05) is 6.54 Å². The van der Waals surface area contributed by atoms with Gasteiger partial charge in [0.15, 0.2) is 0 Å². The first-order valence-electron chi connectivity index (χ1n) is 5.65. The topological polar surface area (TPSA) is 40.5 Å². The molecule has 1 aliphatic carbocycles. The van der Waals surface area contributed by atoms with E-state index in [1.54, 1.807) is 0 Å². The number of hydrogen-bond donors (Lipinski definition) is 1. The number of aliphatic hydroxyl groups is 1. The number of carbonyl (C=O) groups is 1. The fourth-order valence-corrected chi connectivity index (χ4v) is 4.01. The molecule has 0 unspecified atom stereocenters. The van der Waals surface area contributed by atoms with Crippen molar-refractivity contribution in [3.8, 4) is 0 Å². The van der Waals surface area contributed by atoms with Crippen molar-refractivity contribution in [3.63, 3.8) is 0 Å². The minimum absolute atomic E-state index is 0.00521. The monoisotopic (exact) mass is 195 g/mol. The zero-order chi connectivity index (χ0) is 9.92. The van der Waals surface area contributed by atoms with Gasteiger partial charge in [-0.05, 0) is 32.1 Å². The molecule has 14 heavy (non-hydrogen) atoms. The van der Waals surface area contributed by atoms with E-state index >= 15 is 0 Å². The highest BCUT2D eigenvalue weighted by atomic mass is 16.3. The third kappa shape index (κ3) is 0.761. The maximum Gasteiger partial charge on any atom is 0.252 e. The van der Waals surface area contributed by atoms with Gasteiger partial charge in [0.25, 0.3) is 5.91 Å². The predicted molar refractivity (Wildman–Crippen MR) is 51.6 cm³/mol. The predicted octanol–water partition coefficient (Wildman–Crippen LogP) is 0.768. The minimum atomic E-state index is -0.705. The van der Waals surface area contributed by atoms with Gasteiger partial charge in [0.1, 0.15) is 6.10 Å². The van der Waals surface area contributed by atoms with E-state index in [-0.39, 0.29) is 17.4 Å². The number of amides is 1. The molecular formula is C11H17NO2. The summed E-state index contributed by atoms with van der Waals surface area (Å²) in [6, 6.07) is 0. The Kier molecular flexibility index (Phi) is 1.56. The van der Waals surface area contributed by atoms with Gasteiger partial charge in [-0.15, -0.1) is 0 Å². The standard InChI is InChI=1S/C11H17NO2/c1-11-7-3-2-4-8(11)9(13)10(14)12(11)6-5-7/h7-9,13H,2-6H2,1H3/t7-,8-,9-,11+/m0/s1. The van der Waals surface area contributed by atoms with Crippen molar-refractivity contribution in [3.05, 3.63) is 0 Å². The number of aliphatic hydroxyl groups excluding tert-OH is 1. The number of carbonyl (C=O) groups excluding carboxylic acids is 1. The van der Waals surface area contributed by atoms with Crippen molar-refractivity contribution in [1.82, 2.24) is 4.90 Å². The van der Waals surface area contributed by atoms with Crippen LogP contribution in [0.25, 0.3) is 0 Å². The quantitative estimate of drug-likeness (QED) is 0.620. The van der Waals surface area contributed by atoms with E-state index in [1.807, 2.05) is 4.90 Å². The molecule has 2 heterocycles. The Balaban J connectivity index is 2.06. The molecular weight excluding hydrogens is 178 g/mol. The zero-order valence-electron chi connectivity index (χ0n) is 8.57. The van der Waals surface area contributed by atoms with Crippen LogP contribution in [-0.4, -0.2) is 34.1 Å². The van der Waals surface area contributed by atoms with E-state index in [0.29, 0.717) is 5.92 Å². The molecule has 0 spiro atoms. The Morgan fingerprint density at radius 3 is 3.00 bits per heavy atom. The van der Waals surface area contributed by atoms with Crippen LogP contribution in [0.2, 0.25) is 0 Å². The molecule has 2 saturated heterocycles. The molecule has 0 aromatic heterocycles. The molecule has 4 atom stereocenters. The molecule has 0 radical (unpaired) electrons. The van der Waals surface area contributed by atoms with Crippen LogP contribution in [0.15, 0.2) is 0 Å². The van der Waals surface area contributed by atoms with E-state index in [4.69, 9.17) is 0 Å². The van der Waals surface area contributed by atoms with E-state index in [9.17, 15) is 9.90 Å². The van der Waals surface area contributed by atoms with Gasteiger partial charge in [0.05, 0.1) is 0 Å². The van der Waals surface area contributed by atoms with Gasteiger partial charge in [-0.3, -0.25) is 4.79 Å². The Morgan fingerprint density at radius 1 is 1.43 bits per heavy atom. The summed E-state index contributed by atoms with van der Waals surface area (Å²) in [6.07, 6.45) is 3.89. The molecule has 3 aliphatic rings. The normalized spacial score (nSPS) is 51.1. The van der Waals surface area contributed by atoms with Gasteiger partial charge in [-0.1, -0.05) is 6.42 Å². The molecule has 2 aliphatic heterocycles. The van der Waals surface area contributed by atoms with Crippen LogP contribution >= 0.6 is 0 Å². The Hall–Kier alpha value is -0.570. The highest BCUT2D eigenvalue weighted by Crippen LogP contribution is 2.53. The molecule has 1 amide bonds. The molecule has 78 valence electrons. The summed E-state index contributed by atoms with van der Waals surface area (Å²) in [4.78, 5) is 13.8. The molecule has 1 saturated carbocycles.